The number of hydrogen-bond donors (Lipinski definition) is 2. The van der Waals surface area contributed by atoms with Gasteiger partial charge in [-0.3, -0.25) is 9.59 Å². The maximum Gasteiger partial charge on any atom is 0.244 e. The highest BCUT2D eigenvalue weighted by atomic mass is 35.5. The third kappa shape index (κ3) is 8.20. The molecule has 0 fully saturated rings. The van der Waals surface area contributed by atoms with E-state index in [0.29, 0.717) is 35.1 Å². The van der Waals surface area contributed by atoms with Crippen molar-refractivity contribution in [2.75, 3.05) is 18.4 Å². The summed E-state index contributed by atoms with van der Waals surface area (Å²) in [6.07, 6.45) is 1.72. The van der Waals surface area contributed by atoms with E-state index in [9.17, 15) is 9.59 Å². The third-order valence-electron chi connectivity index (χ3n) is 3.20. The second-order valence-electron chi connectivity index (χ2n) is 5.50. The average molecular weight is 397 g/mol. The van der Waals surface area contributed by atoms with Gasteiger partial charge in [-0.05, 0) is 38.0 Å². The number of anilines is 1. The van der Waals surface area contributed by atoms with Gasteiger partial charge in [-0.2, -0.15) is 0 Å². The monoisotopic (exact) mass is 395 g/mol. The van der Waals surface area contributed by atoms with Gasteiger partial charge in [0.2, 0.25) is 11.8 Å². The number of nitrogens with two attached hydrogens (primary N) is 1. The summed E-state index contributed by atoms with van der Waals surface area (Å²) in [6.45, 7) is 4.33. The molecular weight excluding hydrogens is 373 g/mol. The number of rotatable bonds is 8. The number of nitrogens with zero attached hydrogens (tertiary/aromatic N) is 1. The SMILES string of the molecule is CCCN(CC(=O)Nc1ccc(Cl)cc1Cl)C(=O)CCC(C)N.Cl. The Hall–Kier alpha value is -1.01. The zero-order valence-corrected chi connectivity index (χ0v) is 16.2. The topological polar surface area (TPSA) is 75.4 Å². The first-order valence-electron chi connectivity index (χ1n) is 7.61. The van der Waals surface area contributed by atoms with Crippen LogP contribution in [0.25, 0.3) is 0 Å². The largest absolute Gasteiger partial charge is 0.333 e. The van der Waals surface area contributed by atoms with Gasteiger partial charge in [-0.15, -0.1) is 12.4 Å². The maximum absolute atomic E-state index is 12.2. The highest BCUT2D eigenvalue weighted by Crippen LogP contribution is 2.25. The second kappa shape index (κ2) is 11.5. The number of hydrogen-bond acceptors (Lipinski definition) is 3. The summed E-state index contributed by atoms with van der Waals surface area (Å²) in [4.78, 5) is 25.9. The zero-order valence-electron chi connectivity index (χ0n) is 13.9. The van der Waals surface area contributed by atoms with Crippen LogP contribution >= 0.6 is 35.6 Å². The van der Waals surface area contributed by atoms with Gasteiger partial charge in [0.1, 0.15) is 0 Å². The summed E-state index contributed by atoms with van der Waals surface area (Å²) in [5, 5.41) is 3.55. The summed E-state index contributed by atoms with van der Waals surface area (Å²) in [6, 6.07) is 4.78. The molecule has 136 valence electrons. The number of nitrogens with one attached hydrogen (secondary N) is 1. The standard InChI is InChI=1S/C16H23Cl2N3O2.ClH/c1-3-8-21(16(23)7-4-11(2)19)10-15(22)20-14-6-5-12(17)9-13(14)18;/h5-6,9,11H,3-4,7-8,10,19H2,1-2H3,(H,20,22);1H. The lowest BCUT2D eigenvalue weighted by Gasteiger charge is -2.22. The van der Waals surface area contributed by atoms with E-state index in [1.54, 1.807) is 23.1 Å². The first-order chi connectivity index (χ1) is 10.8. The highest BCUT2D eigenvalue weighted by molar-refractivity contribution is 6.36. The van der Waals surface area contributed by atoms with Crippen LogP contribution in [0.2, 0.25) is 10.0 Å². The minimum Gasteiger partial charge on any atom is -0.333 e. The Bertz CT molecular complexity index is 553. The van der Waals surface area contributed by atoms with Crippen molar-refractivity contribution in [3.63, 3.8) is 0 Å². The van der Waals surface area contributed by atoms with Gasteiger partial charge in [-0.1, -0.05) is 30.1 Å². The van der Waals surface area contributed by atoms with Crippen LogP contribution in [0.5, 0.6) is 0 Å². The Balaban J connectivity index is 0.00000529. The lowest BCUT2D eigenvalue weighted by molar-refractivity contribution is -0.134. The molecule has 0 aliphatic carbocycles. The quantitative estimate of drug-likeness (QED) is 0.703. The normalized spacial score (nSPS) is 11.4. The Morgan fingerprint density at radius 2 is 2.00 bits per heavy atom. The summed E-state index contributed by atoms with van der Waals surface area (Å²) < 4.78 is 0. The predicted molar refractivity (Wildman–Crippen MR) is 102 cm³/mol. The number of halogens is 3. The van der Waals surface area contributed by atoms with Gasteiger partial charge in [0.15, 0.2) is 0 Å². The average Bonchev–Trinajstić information content (AvgIpc) is 2.47. The molecule has 1 aromatic carbocycles. The number of amides is 2. The summed E-state index contributed by atoms with van der Waals surface area (Å²) in [5.74, 6) is -0.363. The molecule has 0 heterocycles. The Morgan fingerprint density at radius 1 is 1.33 bits per heavy atom. The first-order valence-corrected chi connectivity index (χ1v) is 8.37. The molecule has 0 bridgehead atoms. The summed E-state index contributed by atoms with van der Waals surface area (Å²) >= 11 is 11.8. The van der Waals surface area contributed by atoms with Crippen LogP contribution in [0.4, 0.5) is 5.69 Å². The van der Waals surface area contributed by atoms with Crippen molar-refractivity contribution >= 4 is 53.1 Å². The van der Waals surface area contributed by atoms with E-state index in [-0.39, 0.29) is 36.8 Å². The molecule has 0 saturated heterocycles. The van der Waals surface area contributed by atoms with Crippen molar-refractivity contribution in [2.24, 2.45) is 5.73 Å². The summed E-state index contributed by atoms with van der Waals surface area (Å²) in [5.41, 5.74) is 6.14. The van der Waals surface area contributed by atoms with E-state index < -0.39 is 0 Å². The van der Waals surface area contributed by atoms with Crippen molar-refractivity contribution in [1.29, 1.82) is 0 Å². The predicted octanol–water partition coefficient (Wildman–Crippen LogP) is 3.72. The van der Waals surface area contributed by atoms with Gasteiger partial charge >= 0.3 is 0 Å². The molecule has 0 spiro atoms. The van der Waals surface area contributed by atoms with Crippen LogP contribution in [0, 0.1) is 0 Å². The van der Waals surface area contributed by atoms with Gasteiger partial charge in [0.05, 0.1) is 17.3 Å². The Labute approximate surface area is 159 Å². The van der Waals surface area contributed by atoms with Crippen LogP contribution in [-0.2, 0) is 9.59 Å². The molecule has 0 aromatic heterocycles. The van der Waals surface area contributed by atoms with Gasteiger partial charge in [-0.25, -0.2) is 0 Å². The van der Waals surface area contributed by atoms with E-state index in [2.05, 4.69) is 5.32 Å². The number of benzene rings is 1. The van der Waals surface area contributed by atoms with Crippen LogP contribution < -0.4 is 11.1 Å². The molecule has 0 aliphatic heterocycles. The van der Waals surface area contributed by atoms with Crippen molar-refractivity contribution in [3.05, 3.63) is 28.2 Å². The molecule has 1 atom stereocenters. The summed E-state index contributed by atoms with van der Waals surface area (Å²) in [7, 11) is 0. The molecule has 1 aromatic rings. The van der Waals surface area contributed by atoms with Crippen LogP contribution in [0.15, 0.2) is 18.2 Å². The molecule has 1 unspecified atom stereocenters. The van der Waals surface area contributed by atoms with E-state index in [1.807, 2.05) is 13.8 Å². The van der Waals surface area contributed by atoms with Crippen molar-refractivity contribution in [2.45, 2.75) is 39.2 Å². The highest BCUT2D eigenvalue weighted by Gasteiger charge is 2.17. The fourth-order valence-electron chi connectivity index (χ4n) is 2.03. The smallest absolute Gasteiger partial charge is 0.244 e. The van der Waals surface area contributed by atoms with E-state index >= 15 is 0 Å². The lowest BCUT2D eigenvalue weighted by atomic mass is 10.2. The molecule has 2 amide bonds. The minimum atomic E-state index is -0.295. The molecule has 3 N–H and O–H groups in total. The Kier molecular flexibility index (Phi) is 11.0. The van der Waals surface area contributed by atoms with Gasteiger partial charge in [0.25, 0.3) is 0 Å². The molecule has 24 heavy (non-hydrogen) atoms. The van der Waals surface area contributed by atoms with Crippen molar-refractivity contribution < 1.29 is 9.59 Å². The fraction of sp³-hybridized carbons (Fsp3) is 0.500. The molecular formula is C16H24Cl3N3O2. The fourth-order valence-corrected chi connectivity index (χ4v) is 2.48. The molecule has 8 heteroatoms. The van der Waals surface area contributed by atoms with E-state index in [0.717, 1.165) is 6.42 Å². The first kappa shape index (κ1) is 23.0. The molecule has 0 saturated carbocycles. The van der Waals surface area contributed by atoms with Gasteiger partial charge < -0.3 is 16.0 Å². The Morgan fingerprint density at radius 3 is 2.54 bits per heavy atom. The molecule has 0 aliphatic rings. The van der Waals surface area contributed by atoms with Crippen molar-refractivity contribution in [1.82, 2.24) is 4.90 Å². The second-order valence-corrected chi connectivity index (χ2v) is 6.35. The zero-order chi connectivity index (χ0) is 17.4. The lowest BCUT2D eigenvalue weighted by Crippen LogP contribution is -2.39. The third-order valence-corrected chi connectivity index (χ3v) is 3.75. The van der Waals surface area contributed by atoms with E-state index in [1.165, 1.54) is 0 Å². The molecule has 5 nitrogen and oxygen atoms in total. The van der Waals surface area contributed by atoms with Crippen LogP contribution in [0.3, 0.4) is 0 Å². The maximum atomic E-state index is 12.2. The van der Waals surface area contributed by atoms with E-state index in [4.69, 9.17) is 28.9 Å². The minimum absolute atomic E-state index is 0. The van der Waals surface area contributed by atoms with Crippen LogP contribution in [0.1, 0.15) is 33.1 Å². The number of carbonyl (C=O) groups excluding carboxylic acids is 2. The molecule has 0 radical (unpaired) electrons. The van der Waals surface area contributed by atoms with Crippen molar-refractivity contribution in [3.8, 4) is 0 Å². The van der Waals surface area contributed by atoms with Gasteiger partial charge in [0, 0.05) is 24.0 Å². The molecule has 1 rings (SSSR count). The number of carbonyl (C=O) groups is 2. The van der Waals surface area contributed by atoms with Crippen LogP contribution in [-0.4, -0.2) is 35.8 Å².